The molecule has 2 N–H and O–H groups in total. The first-order valence-corrected chi connectivity index (χ1v) is 10.3. The van der Waals surface area contributed by atoms with Crippen LogP contribution in [0.4, 0.5) is 0 Å². The number of aromatic hydroxyl groups is 1. The minimum absolute atomic E-state index is 0.0454. The van der Waals surface area contributed by atoms with Crippen LogP contribution < -0.4 is 5.32 Å². The fraction of sp³-hybridized carbons (Fsp3) is 0.391. The number of fused-ring (bicyclic) bond motifs is 1. The van der Waals surface area contributed by atoms with Gasteiger partial charge in [-0.2, -0.15) is 5.10 Å². The second-order valence-corrected chi connectivity index (χ2v) is 7.90. The number of phenolic OH excluding ortho intramolecular Hbond substituents is 1. The van der Waals surface area contributed by atoms with E-state index in [0.717, 1.165) is 49.8 Å². The predicted octanol–water partition coefficient (Wildman–Crippen LogP) is 2.96. The number of aromatic nitrogens is 2. The molecule has 1 fully saturated rings. The summed E-state index contributed by atoms with van der Waals surface area (Å²) in [4.78, 5) is 15.2. The third kappa shape index (κ3) is 4.59. The number of piperidine rings is 1. The fourth-order valence-corrected chi connectivity index (χ4v) is 4.10. The molecule has 152 valence electrons. The largest absolute Gasteiger partial charge is 0.508 e. The molecule has 0 unspecified atom stereocenters. The summed E-state index contributed by atoms with van der Waals surface area (Å²) in [6.45, 7) is 3.87. The summed E-state index contributed by atoms with van der Waals surface area (Å²) in [7, 11) is 1.82. The molecular formula is C23H28N4O2. The van der Waals surface area contributed by atoms with Gasteiger partial charge in [0.15, 0.2) is 0 Å². The fourth-order valence-electron chi connectivity index (χ4n) is 4.10. The van der Waals surface area contributed by atoms with Crippen LogP contribution in [0.15, 0.2) is 48.5 Å². The van der Waals surface area contributed by atoms with Crippen molar-refractivity contribution in [3.05, 3.63) is 59.8 Å². The van der Waals surface area contributed by atoms with Crippen LogP contribution in [0.2, 0.25) is 0 Å². The Labute approximate surface area is 171 Å². The first-order chi connectivity index (χ1) is 14.1. The van der Waals surface area contributed by atoms with E-state index in [1.807, 2.05) is 43.4 Å². The highest BCUT2D eigenvalue weighted by atomic mass is 16.3. The van der Waals surface area contributed by atoms with Gasteiger partial charge in [0.2, 0.25) is 0 Å². The zero-order chi connectivity index (χ0) is 20.2. The summed E-state index contributed by atoms with van der Waals surface area (Å²) in [6, 6.07) is 15.2. The Kier molecular flexibility index (Phi) is 5.81. The van der Waals surface area contributed by atoms with E-state index < -0.39 is 0 Å². The summed E-state index contributed by atoms with van der Waals surface area (Å²) in [5.74, 6) is 0.787. The number of benzene rings is 2. The van der Waals surface area contributed by atoms with Crippen LogP contribution >= 0.6 is 0 Å². The first-order valence-electron chi connectivity index (χ1n) is 10.3. The van der Waals surface area contributed by atoms with Gasteiger partial charge < -0.3 is 15.3 Å². The summed E-state index contributed by atoms with van der Waals surface area (Å²) in [6.07, 6.45) is 3.19. The predicted molar refractivity (Wildman–Crippen MR) is 114 cm³/mol. The number of hydrogen-bond donors (Lipinski definition) is 2. The van der Waals surface area contributed by atoms with Gasteiger partial charge in [0.1, 0.15) is 11.4 Å². The van der Waals surface area contributed by atoms with Gasteiger partial charge in [-0.05, 0) is 62.0 Å². The van der Waals surface area contributed by atoms with E-state index in [9.17, 15) is 9.90 Å². The highest BCUT2D eigenvalue weighted by Gasteiger charge is 2.21. The first kappa shape index (κ1) is 19.5. The van der Waals surface area contributed by atoms with Crippen molar-refractivity contribution >= 4 is 16.8 Å². The van der Waals surface area contributed by atoms with Crippen molar-refractivity contribution in [2.45, 2.75) is 19.3 Å². The Hall–Kier alpha value is -2.86. The molecule has 1 amide bonds. The molecule has 0 radical (unpaired) electrons. The van der Waals surface area contributed by atoms with E-state index in [0.29, 0.717) is 23.9 Å². The Morgan fingerprint density at radius 1 is 1.14 bits per heavy atom. The molecule has 6 nitrogen and oxygen atoms in total. The molecule has 1 aliphatic heterocycles. The van der Waals surface area contributed by atoms with Gasteiger partial charge in [0.05, 0.1) is 5.52 Å². The zero-order valence-corrected chi connectivity index (χ0v) is 16.8. The Morgan fingerprint density at radius 2 is 1.86 bits per heavy atom. The molecule has 4 rings (SSSR count). The molecule has 0 atom stereocenters. The van der Waals surface area contributed by atoms with Gasteiger partial charge in [-0.1, -0.05) is 30.3 Å². The van der Waals surface area contributed by atoms with Crippen molar-refractivity contribution in [1.29, 1.82) is 0 Å². The monoisotopic (exact) mass is 392 g/mol. The van der Waals surface area contributed by atoms with E-state index in [2.05, 4.69) is 15.3 Å². The number of phenols is 1. The molecule has 1 saturated heterocycles. The number of rotatable bonds is 6. The Balaban J connectivity index is 1.24. The number of aryl methyl sites for hydroxylation is 1. The minimum Gasteiger partial charge on any atom is -0.508 e. The van der Waals surface area contributed by atoms with E-state index in [1.165, 1.54) is 5.56 Å². The van der Waals surface area contributed by atoms with E-state index in [4.69, 9.17) is 0 Å². The van der Waals surface area contributed by atoms with Crippen LogP contribution in [0, 0.1) is 5.92 Å². The number of nitrogens with zero attached hydrogens (tertiary/aromatic N) is 3. The van der Waals surface area contributed by atoms with Crippen molar-refractivity contribution in [1.82, 2.24) is 20.0 Å². The van der Waals surface area contributed by atoms with Crippen molar-refractivity contribution in [3.63, 3.8) is 0 Å². The van der Waals surface area contributed by atoms with Gasteiger partial charge in [0.25, 0.3) is 5.91 Å². The lowest BCUT2D eigenvalue weighted by atomic mass is 9.96. The molecule has 1 aliphatic rings. The third-order valence-electron chi connectivity index (χ3n) is 5.87. The number of hydrogen-bond acceptors (Lipinski definition) is 4. The SMILES string of the molecule is Cn1nc2ccccc2c1C(=O)NCC1CCN(CCc2ccc(O)cc2)CC1. The maximum atomic E-state index is 12.7. The van der Waals surface area contributed by atoms with Gasteiger partial charge in [0, 0.05) is 25.5 Å². The minimum atomic E-state index is -0.0454. The number of likely N-dealkylation sites (tertiary alicyclic amines) is 1. The van der Waals surface area contributed by atoms with Gasteiger partial charge in [-0.15, -0.1) is 0 Å². The molecule has 2 aromatic carbocycles. The molecule has 1 aromatic heterocycles. The number of amides is 1. The summed E-state index contributed by atoms with van der Waals surface area (Å²) >= 11 is 0. The van der Waals surface area contributed by atoms with Crippen LogP contribution in [0.3, 0.4) is 0 Å². The molecular weight excluding hydrogens is 364 g/mol. The Bertz CT molecular complexity index is 972. The van der Waals surface area contributed by atoms with Gasteiger partial charge in [-0.3, -0.25) is 9.48 Å². The van der Waals surface area contributed by atoms with Crippen LogP contribution in [-0.2, 0) is 13.5 Å². The molecule has 0 bridgehead atoms. The van der Waals surface area contributed by atoms with Crippen molar-refractivity contribution in [3.8, 4) is 5.75 Å². The molecule has 0 spiro atoms. The molecule has 0 saturated carbocycles. The molecule has 0 aliphatic carbocycles. The van der Waals surface area contributed by atoms with E-state index in [1.54, 1.807) is 16.8 Å². The lowest BCUT2D eigenvalue weighted by Gasteiger charge is -2.32. The van der Waals surface area contributed by atoms with Crippen molar-refractivity contribution in [2.24, 2.45) is 13.0 Å². The Morgan fingerprint density at radius 3 is 2.62 bits per heavy atom. The second kappa shape index (κ2) is 8.66. The maximum absolute atomic E-state index is 12.7. The zero-order valence-electron chi connectivity index (χ0n) is 16.8. The standard InChI is InChI=1S/C23H28N4O2/c1-26-22(20-4-2-3-5-21(20)25-26)23(29)24-16-18-11-14-27(15-12-18)13-10-17-6-8-19(28)9-7-17/h2-9,18,28H,10-16H2,1H3,(H,24,29). The molecule has 6 heteroatoms. The molecule has 29 heavy (non-hydrogen) atoms. The number of carbonyl (C=O) groups excluding carboxylic acids is 1. The van der Waals surface area contributed by atoms with Crippen LogP contribution in [0.25, 0.3) is 10.9 Å². The number of carbonyl (C=O) groups is 1. The average molecular weight is 393 g/mol. The topological polar surface area (TPSA) is 70.4 Å². The molecule has 3 aromatic rings. The summed E-state index contributed by atoms with van der Waals surface area (Å²) in [5, 5.41) is 17.8. The highest BCUT2D eigenvalue weighted by Crippen LogP contribution is 2.19. The van der Waals surface area contributed by atoms with E-state index >= 15 is 0 Å². The van der Waals surface area contributed by atoms with E-state index in [-0.39, 0.29) is 5.91 Å². The van der Waals surface area contributed by atoms with Crippen LogP contribution in [0.5, 0.6) is 5.75 Å². The normalized spacial score (nSPS) is 15.6. The average Bonchev–Trinajstić information content (AvgIpc) is 3.08. The van der Waals surface area contributed by atoms with Crippen LogP contribution in [0.1, 0.15) is 28.9 Å². The van der Waals surface area contributed by atoms with Gasteiger partial charge >= 0.3 is 0 Å². The summed E-state index contributed by atoms with van der Waals surface area (Å²) < 4.78 is 1.67. The van der Waals surface area contributed by atoms with Gasteiger partial charge in [-0.25, -0.2) is 0 Å². The number of nitrogens with one attached hydrogen (secondary N) is 1. The maximum Gasteiger partial charge on any atom is 0.270 e. The summed E-state index contributed by atoms with van der Waals surface area (Å²) in [5.41, 5.74) is 2.73. The van der Waals surface area contributed by atoms with Crippen LogP contribution in [-0.4, -0.2) is 51.9 Å². The quantitative estimate of drug-likeness (QED) is 0.677. The third-order valence-corrected chi connectivity index (χ3v) is 5.87. The highest BCUT2D eigenvalue weighted by molar-refractivity contribution is 6.04. The van der Waals surface area contributed by atoms with Crippen molar-refractivity contribution in [2.75, 3.05) is 26.2 Å². The second-order valence-electron chi connectivity index (χ2n) is 7.90. The molecule has 2 heterocycles. The lowest BCUT2D eigenvalue weighted by Crippen LogP contribution is -2.39. The lowest BCUT2D eigenvalue weighted by molar-refractivity contribution is 0.0928. The van der Waals surface area contributed by atoms with Crippen molar-refractivity contribution < 1.29 is 9.90 Å². The smallest absolute Gasteiger partial charge is 0.270 e.